The molecule has 8 nitrogen and oxygen atoms in total. The maximum Gasteiger partial charge on any atom is 0.306 e. The van der Waals surface area contributed by atoms with Gasteiger partial charge in [0.05, 0.1) is 40.3 Å². The Morgan fingerprint density at radius 3 is 1.33 bits per heavy atom. The highest BCUT2D eigenvalue weighted by atomic mass is 16.6. The number of quaternary nitrogens is 1. The van der Waals surface area contributed by atoms with Crippen LogP contribution < -0.4 is 5.11 Å². The van der Waals surface area contributed by atoms with Gasteiger partial charge in [-0.2, -0.15) is 0 Å². The van der Waals surface area contributed by atoms with Gasteiger partial charge in [-0.15, -0.1) is 0 Å². The first kappa shape index (κ1) is 52.1. The zero-order valence-electron chi connectivity index (χ0n) is 36.2. The topological polar surface area (TPSA) is 102 Å². The lowest BCUT2D eigenvalue weighted by Gasteiger charge is -2.34. The van der Waals surface area contributed by atoms with Crippen molar-refractivity contribution in [3.8, 4) is 0 Å². The van der Waals surface area contributed by atoms with E-state index in [1.165, 1.54) is 128 Å². The zero-order chi connectivity index (χ0) is 40.0. The fraction of sp³-hybridized carbons (Fsp3) is 0.891. The van der Waals surface area contributed by atoms with Gasteiger partial charge in [-0.25, -0.2) is 0 Å². The van der Waals surface area contributed by atoms with E-state index in [-0.39, 0.29) is 42.7 Å². The lowest BCUT2D eigenvalue weighted by Crippen LogP contribution is -2.55. The second-order valence-corrected chi connectivity index (χ2v) is 16.6. The SMILES string of the molecule is CCCCCCCCC/C=C/CCCCCCCC(=O)OC(COCCC(C(=O)[O-])[N+](C)(C)C)COC(=O)CCCCCCCCCCCCCCCC. The molecule has 2 atom stereocenters. The number of carboxylic acids is 1. The number of likely N-dealkylation sites (N-methyl/N-ethyl adjacent to an activating group) is 1. The lowest BCUT2D eigenvalue weighted by molar-refractivity contribution is -0.889. The molecule has 0 N–H and O–H groups in total. The highest BCUT2D eigenvalue weighted by molar-refractivity contribution is 5.70. The van der Waals surface area contributed by atoms with Crippen LogP contribution in [-0.4, -0.2) is 75.5 Å². The first-order valence-electron chi connectivity index (χ1n) is 22.7. The number of unbranched alkanes of at least 4 members (excludes halogenated alkanes) is 25. The van der Waals surface area contributed by atoms with Gasteiger partial charge in [-0.3, -0.25) is 9.59 Å². The van der Waals surface area contributed by atoms with Crippen molar-refractivity contribution in [2.45, 2.75) is 225 Å². The number of hydrogen-bond acceptors (Lipinski definition) is 7. The van der Waals surface area contributed by atoms with Gasteiger partial charge in [0.2, 0.25) is 0 Å². The summed E-state index contributed by atoms with van der Waals surface area (Å²) in [4.78, 5) is 36.8. The van der Waals surface area contributed by atoms with E-state index < -0.39 is 18.1 Å². The molecular formula is C46H87NO7. The molecule has 0 aliphatic rings. The molecule has 0 rings (SSSR count). The Bertz CT molecular complexity index is 900. The molecule has 0 aromatic carbocycles. The predicted octanol–water partition coefficient (Wildman–Crippen LogP) is 11.0. The third-order valence-electron chi connectivity index (χ3n) is 10.4. The van der Waals surface area contributed by atoms with Gasteiger partial charge in [0.15, 0.2) is 6.10 Å². The van der Waals surface area contributed by atoms with Crippen LogP contribution in [0.15, 0.2) is 12.2 Å². The van der Waals surface area contributed by atoms with Crippen LogP contribution in [-0.2, 0) is 28.6 Å². The molecular weight excluding hydrogens is 679 g/mol. The number of hydrogen-bond donors (Lipinski definition) is 0. The van der Waals surface area contributed by atoms with Crippen molar-refractivity contribution in [3.63, 3.8) is 0 Å². The average Bonchev–Trinajstić information content (AvgIpc) is 3.12. The molecule has 0 aromatic rings. The Kier molecular flexibility index (Phi) is 36.6. The van der Waals surface area contributed by atoms with Crippen molar-refractivity contribution in [1.82, 2.24) is 0 Å². The van der Waals surface area contributed by atoms with Crippen molar-refractivity contribution in [2.24, 2.45) is 0 Å². The van der Waals surface area contributed by atoms with Gasteiger partial charge in [-0.05, 0) is 38.5 Å². The van der Waals surface area contributed by atoms with E-state index in [1.807, 2.05) is 0 Å². The summed E-state index contributed by atoms with van der Waals surface area (Å²) in [6.07, 6.45) is 39.4. The molecule has 8 heteroatoms. The minimum absolute atomic E-state index is 0.0429. The standard InChI is InChI=1S/C46H87NO7/c1-6-8-10-12-14-16-18-20-22-23-25-27-29-31-33-35-37-45(49)54-42(40-52-39-38-43(46(50)51)47(3,4)5)41-53-44(48)36-34-32-30-28-26-24-21-19-17-15-13-11-9-7-2/h22-23,42-43H,6-21,24-41H2,1-5H3/b23-22+. The Morgan fingerprint density at radius 2 is 0.926 bits per heavy atom. The Balaban J connectivity index is 4.32. The molecule has 0 aromatic heterocycles. The van der Waals surface area contributed by atoms with Crippen molar-refractivity contribution in [1.29, 1.82) is 0 Å². The van der Waals surface area contributed by atoms with Crippen LogP contribution >= 0.6 is 0 Å². The molecule has 0 saturated carbocycles. The number of carbonyl (C=O) groups excluding carboxylic acids is 3. The van der Waals surface area contributed by atoms with Crippen molar-refractivity contribution in [2.75, 3.05) is 41.0 Å². The molecule has 0 bridgehead atoms. The molecule has 54 heavy (non-hydrogen) atoms. The van der Waals surface area contributed by atoms with Gasteiger partial charge in [-0.1, -0.05) is 167 Å². The van der Waals surface area contributed by atoms with Crippen LogP contribution in [0.3, 0.4) is 0 Å². The summed E-state index contributed by atoms with van der Waals surface area (Å²) in [5, 5.41) is 11.6. The summed E-state index contributed by atoms with van der Waals surface area (Å²) < 4.78 is 17.2. The first-order chi connectivity index (χ1) is 26.1. The van der Waals surface area contributed by atoms with E-state index >= 15 is 0 Å². The van der Waals surface area contributed by atoms with Crippen LogP contribution in [0.2, 0.25) is 0 Å². The summed E-state index contributed by atoms with van der Waals surface area (Å²) in [5.41, 5.74) is 0. The third kappa shape index (κ3) is 35.8. The maximum absolute atomic E-state index is 12.7. The van der Waals surface area contributed by atoms with Gasteiger partial charge < -0.3 is 28.6 Å². The van der Waals surface area contributed by atoms with Crippen LogP contribution in [0.5, 0.6) is 0 Å². The molecule has 318 valence electrons. The maximum atomic E-state index is 12.7. The monoisotopic (exact) mass is 766 g/mol. The highest BCUT2D eigenvalue weighted by Gasteiger charge is 2.25. The molecule has 0 spiro atoms. The van der Waals surface area contributed by atoms with Gasteiger partial charge in [0, 0.05) is 19.3 Å². The van der Waals surface area contributed by atoms with Crippen molar-refractivity contribution < 1.29 is 38.2 Å². The molecule has 0 amide bonds. The highest BCUT2D eigenvalue weighted by Crippen LogP contribution is 2.15. The lowest BCUT2D eigenvalue weighted by atomic mass is 10.0. The second kappa shape index (κ2) is 38.0. The smallest absolute Gasteiger partial charge is 0.306 e. The number of esters is 2. The van der Waals surface area contributed by atoms with Gasteiger partial charge >= 0.3 is 11.9 Å². The molecule has 2 unspecified atom stereocenters. The number of rotatable bonds is 41. The summed E-state index contributed by atoms with van der Waals surface area (Å²) in [5.74, 6) is -1.73. The van der Waals surface area contributed by atoms with Gasteiger partial charge in [0.25, 0.3) is 0 Å². The fourth-order valence-corrected chi connectivity index (χ4v) is 6.83. The zero-order valence-corrected chi connectivity index (χ0v) is 36.2. The summed E-state index contributed by atoms with van der Waals surface area (Å²) in [6, 6.07) is -0.722. The van der Waals surface area contributed by atoms with E-state index in [2.05, 4.69) is 26.0 Å². The number of allylic oxidation sites excluding steroid dienone is 2. The van der Waals surface area contributed by atoms with Gasteiger partial charge in [0.1, 0.15) is 12.6 Å². The summed E-state index contributed by atoms with van der Waals surface area (Å²) in [6.45, 7) is 4.67. The largest absolute Gasteiger partial charge is 0.544 e. The number of carboxylic acid groups (broad SMARTS) is 1. The number of nitrogens with zero attached hydrogens (tertiary/aromatic N) is 1. The van der Waals surface area contributed by atoms with E-state index in [0.717, 1.165) is 51.4 Å². The second-order valence-electron chi connectivity index (χ2n) is 16.6. The van der Waals surface area contributed by atoms with Crippen LogP contribution in [0.1, 0.15) is 213 Å². The molecule has 0 saturated heterocycles. The van der Waals surface area contributed by atoms with Crippen LogP contribution in [0.25, 0.3) is 0 Å². The van der Waals surface area contributed by atoms with Crippen molar-refractivity contribution in [3.05, 3.63) is 12.2 Å². The Hall–Kier alpha value is -1.93. The first-order valence-corrected chi connectivity index (χ1v) is 22.7. The summed E-state index contributed by atoms with van der Waals surface area (Å²) >= 11 is 0. The van der Waals surface area contributed by atoms with Crippen LogP contribution in [0, 0.1) is 0 Å². The van der Waals surface area contributed by atoms with E-state index in [4.69, 9.17) is 14.2 Å². The third-order valence-corrected chi connectivity index (χ3v) is 10.4. The normalized spacial score (nSPS) is 13.0. The minimum Gasteiger partial charge on any atom is -0.544 e. The van der Waals surface area contributed by atoms with E-state index in [0.29, 0.717) is 12.8 Å². The number of carbonyl (C=O) groups is 3. The molecule has 0 heterocycles. The molecule has 0 aliphatic heterocycles. The predicted molar refractivity (Wildman–Crippen MR) is 222 cm³/mol. The molecule has 0 radical (unpaired) electrons. The quantitative estimate of drug-likeness (QED) is 0.0264. The molecule has 0 fully saturated rings. The molecule has 0 aliphatic carbocycles. The van der Waals surface area contributed by atoms with E-state index in [9.17, 15) is 19.5 Å². The van der Waals surface area contributed by atoms with Crippen LogP contribution in [0.4, 0.5) is 0 Å². The van der Waals surface area contributed by atoms with E-state index in [1.54, 1.807) is 21.1 Å². The average molecular weight is 766 g/mol. The number of aliphatic carboxylic acids is 1. The number of ether oxygens (including phenoxy) is 3. The van der Waals surface area contributed by atoms with Crippen molar-refractivity contribution >= 4 is 17.9 Å². The Morgan fingerprint density at radius 1 is 0.537 bits per heavy atom. The Labute approximate surface area is 333 Å². The summed E-state index contributed by atoms with van der Waals surface area (Å²) in [7, 11) is 5.41. The fourth-order valence-electron chi connectivity index (χ4n) is 6.83. The minimum atomic E-state index is -1.12.